The van der Waals surface area contributed by atoms with Crippen molar-refractivity contribution in [3.8, 4) is 5.69 Å². The van der Waals surface area contributed by atoms with Crippen molar-refractivity contribution in [3.05, 3.63) is 70.8 Å². The predicted octanol–water partition coefficient (Wildman–Crippen LogP) is 3.61. The molecule has 1 amide bonds. The molecule has 0 spiro atoms. The quantitative estimate of drug-likeness (QED) is 0.604. The van der Waals surface area contributed by atoms with E-state index in [1.807, 2.05) is 20.8 Å². The molecule has 1 atom stereocenters. The van der Waals surface area contributed by atoms with E-state index in [1.165, 1.54) is 15.6 Å². The zero-order chi connectivity index (χ0) is 24.1. The molecule has 2 heterocycles. The number of carbonyl (C=O) groups excluding carboxylic acids is 1. The highest BCUT2D eigenvalue weighted by Gasteiger charge is 2.37. The molecule has 0 fully saturated rings. The van der Waals surface area contributed by atoms with Gasteiger partial charge in [-0.1, -0.05) is 44.5 Å². The van der Waals surface area contributed by atoms with Crippen molar-refractivity contribution in [2.45, 2.75) is 43.7 Å². The molecule has 0 aliphatic carbocycles. The fourth-order valence-corrected chi connectivity index (χ4v) is 5.37. The molecule has 1 aliphatic rings. The van der Waals surface area contributed by atoms with E-state index >= 15 is 4.39 Å². The minimum atomic E-state index is -4.01. The van der Waals surface area contributed by atoms with Crippen molar-refractivity contribution >= 4 is 33.0 Å². The van der Waals surface area contributed by atoms with Gasteiger partial charge in [-0.2, -0.15) is 5.10 Å². The second-order valence-corrected chi connectivity index (χ2v) is 11.5. The third-order valence-electron chi connectivity index (χ3n) is 5.49. The second kappa shape index (κ2) is 8.23. The monoisotopic (exact) mass is 490 g/mol. The van der Waals surface area contributed by atoms with Gasteiger partial charge in [-0.25, -0.2) is 17.5 Å². The normalized spacial score (nSPS) is 18.2. The van der Waals surface area contributed by atoms with Gasteiger partial charge in [-0.15, -0.1) is 0 Å². The van der Waals surface area contributed by atoms with Crippen molar-refractivity contribution in [1.29, 1.82) is 0 Å². The van der Waals surface area contributed by atoms with Crippen LogP contribution in [0.3, 0.4) is 0 Å². The van der Waals surface area contributed by atoms with Crippen LogP contribution in [0.2, 0.25) is 5.02 Å². The Morgan fingerprint density at radius 2 is 1.82 bits per heavy atom. The highest BCUT2D eigenvalue weighted by atomic mass is 35.5. The minimum absolute atomic E-state index is 0.0313. The molecule has 4 rings (SSSR count). The summed E-state index contributed by atoms with van der Waals surface area (Å²) >= 11 is 5.96. The molecule has 2 N–H and O–H groups in total. The lowest BCUT2D eigenvalue weighted by molar-refractivity contribution is -0.119. The van der Waals surface area contributed by atoms with Crippen LogP contribution in [0.25, 0.3) is 5.69 Å². The number of anilines is 1. The van der Waals surface area contributed by atoms with Crippen LogP contribution in [0.5, 0.6) is 0 Å². The van der Waals surface area contributed by atoms with Gasteiger partial charge in [0.2, 0.25) is 5.91 Å². The summed E-state index contributed by atoms with van der Waals surface area (Å²) in [6.07, 6.45) is 1.60. The zero-order valence-electron chi connectivity index (χ0n) is 18.4. The topological polar surface area (TPSA) is 98.3 Å². The zero-order valence-corrected chi connectivity index (χ0v) is 20.0. The summed E-state index contributed by atoms with van der Waals surface area (Å²) in [4.78, 5) is 14.1. The van der Waals surface area contributed by atoms with Crippen LogP contribution < -0.4 is 10.6 Å². The Bertz CT molecular complexity index is 1330. The van der Waals surface area contributed by atoms with E-state index in [0.29, 0.717) is 10.6 Å². The van der Waals surface area contributed by atoms with Crippen molar-refractivity contribution in [1.82, 2.24) is 9.78 Å². The fraction of sp³-hybridized carbons (Fsp3) is 0.304. The first-order valence-corrected chi connectivity index (χ1v) is 12.3. The lowest BCUT2D eigenvalue weighted by Gasteiger charge is -2.25. The molecular weight excluding hydrogens is 467 g/mol. The number of amides is 1. The number of hydrogen-bond donors (Lipinski definition) is 1. The molecular formula is C23H24ClFN4O3S. The molecule has 1 aromatic heterocycles. The first kappa shape index (κ1) is 23.4. The van der Waals surface area contributed by atoms with E-state index in [9.17, 15) is 13.2 Å². The van der Waals surface area contributed by atoms with Crippen molar-refractivity contribution < 1.29 is 17.6 Å². The highest BCUT2D eigenvalue weighted by Crippen LogP contribution is 2.35. The maximum absolute atomic E-state index is 15.2. The standard InChI is InChI=1S/C23H24ClFN4O3S/c1-23(2,3)21-8-9-29(27-21)18-11-19-20(10-16(18)25)33(31,32)13-17(26)22(30)28(19)12-14-4-6-15(24)7-5-14/h4-11,17H,12-13,26H2,1-3H3/t17-/m0/s1. The number of sulfone groups is 1. The summed E-state index contributed by atoms with van der Waals surface area (Å²) < 4.78 is 42.4. The Hall–Kier alpha value is -2.75. The van der Waals surface area contributed by atoms with Gasteiger partial charge in [0.1, 0.15) is 11.5 Å². The number of aromatic nitrogens is 2. The van der Waals surface area contributed by atoms with Gasteiger partial charge < -0.3 is 10.6 Å². The van der Waals surface area contributed by atoms with E-state index in [4.69, 9.17) is 17.3 Å². The molecule has 0 saturated carbocycles. The van der Waals surface area contributed by atoms with Gasteiger partial charge >= 0.3 is 0 Å². The van der Waals surface area contributed by atoms with E-state index in [1.54, 1.807) is 36.5 Å². The van der Waals surface area contributed by atoms with E-state index in [2.05, 4.69) is 5.10 Å². The number of nitrogens with zero attached hydrogens (tertiary/aromatic N) is 3. The van der Waals surface area contributed by atoms with Gasteiger partial charge in [0.25, 0.3) is 0 Å². The Morgan fingerprint density at radius 3 is 2.42 bits per heavy atom. The van der Waals surface area contributed by atoms with Gasteiger partial charge in [-0.05, 0) is 35.9 Å². The molecule has 33 heavy (non-hydrogen) atoms. The first-order valence-electron chi connectivity index (χ1n) is 10.3. The van der Waals surface area contributed by atoms with Crippen LogP contribution in [0.15, 0.2) is 53.6 Å². The molecule has 1 aliphatic heterocycles. The predicted molar refractivity (Wildman–Crippen MR) is 125 cm³/mol. The van der Waals surface area contributed by atoms with Crippen LogP contribution >= 0.6 is 11.6 Å². The average molecular weight is 491 g/mol. The van der Waals surface area contributed by atoms with Crippen LogP contribution in [-0.2, 0) is 26.6 Å². The molecule has 3 aromatic rings. The summed E-state index contributed by atoms with van der Waals surface area (Å²) in [6, 6.07) is 9.58. The molecule has 174 valence electrons. The third kappa shape index (κ3) is 4.53. The third-order valence-corrected chi connectivity index (χ3v) is 7.54. The largest absolute Gasteiger partial charge is 0.319 e. The number of hydrogen-bond acceptors (Lipinski definition) is 5. The Balaban J connectivity index is 1.89. The van der Waals surface area contributed by atoms with E-state index < -0.39 is 33.4 Å². The van der Waals surface area contributed by atoms with E-state index in [0.717, 1.165) is 11.8 Å². The number of halogens is 2. The van der Waals surface area contributed by atoms with Crippen LogP contribution in [-0.4, -0.2) is 35.9 Å². The number of rotatable bonds is 3. The first-order chi connectivity index (χ1) is 15.4. The number of benzene rings is 2. The van der Waals surface area contributed by atoms with Crippen LogP contribution in [0, 0.1) is 5.82 Å². The number of fused-ring (bicyclic) bond motifs is 1. The molecule has 7 nitrogen and oxygen atoms in total. The van der Waals surface area contributed by atoms with Crippen molar-refractivity contribution in [2.75, 3.05) is 10.7 Å². The molecule has 0 saturated heterocycles. The Morgan fingerprint density at radius 1 is 1.15 bits per heavy atom. The number of nitrogens with two attached hydrogens (primary N) is 1. The molecule has 0 unspecified atom stereocenters. The van der Waals surface area contributed by atoms with Gasteiger partial charge in [0.05, 0.1) is 34.6 Å². The van der Waals surface area contributed by atoms with Crippen LogP contribution in [0.4, 0.5) is 10.1 Å². The molecule has 10 heteroatoms. The molecule has 2 aromatic carbocycles. The summed E-state index contributed by atoms with van der Waals surface area (Å²) in [5.41, 5.74) is 7.22. The lowest BCUT2D eigenvalue weighted by Crippen LogP contribution is -2.45. The summed E-state index contributed by atoms with van der Waals surface area (Å²) in [5, 5.41) is 4.98. The smallest absolute Gasteiger partial charge is 0.245 e. The lowest BCUT2D eigenvalue weighted by atomic mass is 9.93. The Kier molecular flexibility index (Phi) is 5.84. The molecule has 0 radical (unpaired) electrons. The summed E-state index contributed by atoms with van der Waals surface area (Å²) in [7, 11) is -4.01. The summed E-state index contributed by atoms with van der Waals surface area (Å²) in [5.74, 6) is -1.94. The maximum atomic E-state index is 15.2. The average Bonchev–Trinajstić information content (AvgIpc) is 3.21. The molecule has 0 bridgehead atoms. The van der Waals surface area contributed by atoms with Gasteiger partial charge in [0.15, 0.2) is 9.84 Å². The van der Waals surface area contributed by atoms with Crippen molar-refractivity contribution in [3.63, 3.8) is 0 Å². The van der Waals surface area contributed by atoms with Crippen molar-refractivity contribution in [2.24, 2.45) is 5.73 Å². The Labute approximate surface area is 196 Å². The van der Waals surface area contributed by atoms with E-state index in [-0.39, 0.29) is 28.2 Å². The highest BCUT2D eigenvalue weighted by molar-refractivity contribution is 7.91. The van der Waals surface area contributed by atoms with Gasteiger partial charge in [0, 0.05) is 16.6 Å². The fourth-order valence-electron chi connectivity index (χ4n) is 3.68. The van der Waals surface area contributed by atoms with Crippen LogP contribution in [0.1, 0.15) is 32.0 Å². The second-order valence-electron chi connectivity index (χ2n) is 9.11. The minimum Gasteiger partial charge on any atom is -0.319 e. The SMILES string of the molecule is CC(C)(C)c1ccn(-c2cc3c(cc2F)S(=O)(=O)C[C@H](N)C(=O)N3Cc2ccc(Cl)cc2)n1. The maximum Gasteiger partial charge on any atom is 0.245 e. The summed E-state index contributed by atoms with van der Waals surface area (Å²) in [6.45, 7) is 5.98. The number of carbonyl (C=O) groups is 1. The van der Waals surface area contributed by atoms with Gasteiger partial charge in [-0.3, -0.25) is 4.79 Å².